The maximum Gasteiger partial charge on any atom is 0.435 e. The number of halogens is 3. The summed E-state index contributed by atoms with van der Waals surface area (Å²) < 4.78 is 38.5. The summed E-state index contributed by atoms with van der Waals surface area (Å²) in [6, 6.07) is 8.43. The van der Waals surface area contributed by atoms with E-state index in [0.29, 0.717) is 10.9 Å². The summed E-state index contributed by atoms with van der Waals surface area (Å²) in [6.45, 7) is 0. The van der Waals surface area contributed by atoms with Crippen molar-refractivity contribution >= 4 is 21.8 Å². The number of fused-ring (bicyclic) bond motifs is 3. The van der Waals surface area contributed by atoms with Gasteiger partial charge in [-0.3, -0.25) is 0 Å². The normalized spacial score (nSPS) is 12.4. The zero-order valence-corrected chi connectivity index (χ0v) is 8.55. The van der Waals surface area contributed by atoms with Gasteiger partial charge in [0.05, 0.1) is 11.0 Å². The third-order valence-corrected chi connectivity index (χ3v) is 2.68. The second kappa shape index (κ2) is 3.23. The van der Waals surface area contributed by atoms with Gasteiger partial charge in [-0.25, -0.2) is 4.98 Å². The highest BCUT2D eigenvalue weighted by molar-refractivity contribution is 6.05. The third kappa shape index (κ3) is 1.46. The van der Waals surface area contributed by atoms with Gasteiger partial charge in [-0.15, -0.1) is 0 Å². The number of hydrogen-bond donors (Lipinski definition) is 1. The van der Waals surface area contributed by atoms with Gasteiger partial charge in [-0.05, 0) is 12.1 Å². The van der Waals surface area contributed by atoms with Crippen LogP contribution in [0, 0.1) is 0 Å². The number of aromatic amines is 1. The van der Waals surface area contributed by atoms with Crippen LogP contribution in [0.1, 0.15) is 5.69 Å². The van der Waals surface area contributed by atoms with Crippen LogP contribution in [0.15, 0.2) is 36.5 Å². The van der Waals surface area contributed by atoms with E-state index in [-0.39, 0.29) is 5.52 Å². The van der Waals surface area contributed by atoms with Gasteiger partial charge >= 0.3 is 6.18 Å². The topological polar surface area (TPSA) is 28.7 Å². The Morgan fingerprint density at radius 1 is 1.00 bits per heavy atom. The van der Waals surface area contributed by atoms with Gasteiger partial charge in [-0.1, -0.05) is 18.2 Å². The summed E-state index contributed by atoms with van der Waals surface area (Å²) in [5.74, 6) is 0. The van der Waals surface area contributed by atoms with E-state index in [2.05, 4.69) is 9.97 Å². The molecule has 2 aromatic heterocycles. The van der Waals surface area contributed by atoms with E-state index in [9.17, 15) is 13.2 Å². The number of alkyl halides is 3. The van der Waals surface area contributed by atoms with Gasteiger partial charge in [0, 0.05) is 17.0 Å². The first-order chi connectivity index (χ1) is 8.07. The van der Waals surface area contributed by atoms with Crippen molar-refractivity contribution in [3.05, 3.63) is 42.2 Å². The summed E-state index contributed by atoms with van der Waals surface area (Å²) >= 11 is 0. The fourth-order valence-corrected chi connectivity index (χ4v) is 1.97. The van der Waals surface area contributed by atoms with E-state index >= 15 is 0 Å². The molecule has 0 atom stereocenters. The zero-order chi connectivity index (χ0) is 12.0. The van der Waals surface area contributed by atoms with Crippen LogP contribution in [-0.4, -0.2) is 9.97 Å². The Hall–Kier alpha value is -2.04. The molecule has 0 fully saturated rings. The predicted molar refractivity (Wildman–Crippen MR) is 58.6 cm³/mol. The Kier molecular flexibility index (Phi) is 1.92. The molecule has 0 saturated heterocycles. The summed E-state index contributed by atoms with van der Waals surface area (Å²) in [4.78, 5) is 6.29. The Morgan fingerprint density at radius 3 is 2.53 bits per heavy atom. The van der Waals surface area contributed by atoms with Crippen molar-refractivity contribution in [2.45, 2.75) is 6.18 Å². The Balaban J connectivity index is 2.53. The number of pyridine rings is 1. The average Bonchev–Trinajstić information content (AvgIpc) is 2.75. The molecular weight excluding hydrogens is 229 g/mol. The summed E-state index contributed by atoms with van der Waals surface area (Å²) in [5, 5.41) is 1.26. The molecule has 2 nitrogen and oxygen atoms in total. The van der Waals surface area contributed by atoms with Crippen LogP contribution in [-0.2, 0) is 6.18 Å². The lowest BCUT2D eigenvalue weighted by Gasteiger charge is -2.09. The van der Waals surface area contributed by atoms with E-state index < -0.39 is 11.9 Å². The second-order valence-electron chi connectivity index (χ2n) is 3.74. The minimum Gasteiger partial charge on any atom is -0.359 e. The molecule has 3 aromatic rings. The van der Waals surface area contributed by atoms with Crippen LogP contribution in [0.25, 0.3) is 21.8 Å². The molecule has 0 unspecified atom stereocenters. The average molecular weight is 236 g/mol. The van der Waals surface area contributed by atoms with Crippen LogP contribution in [0.2, 0.25) is 0 Å². The lowest BCUT2D eigenvalue weighted by Crippen LogP contribution is -2.09. The molecule has 2 heterocycles. The van der Waals surface area contributed by atoms with Crippen molar-refractivity contribution in [1.82, 2.24) is 9.97 Å². The van der Waals surface area contributed by atoms with E-state index in [1.807, 2.05) is 0 Å². The van der Waals surface area contributed by atoms with Crippen molar-refractivity contribution in [2.75, 3.05) is 0 Å². The van der Waals surface area contributed by atoms with Gasteiger partial charge in [0.15, 0.2) is 5.69 Å². The largest absolute Gasteiger partial charge is 0.435 e. The van der Waals surface area contributed by atoms with E-state index in [1.165, 1.54) is 6.20 Å². The SMILES string of the molecule is FC(F)(F)c1nc2ccccc2c2cc[nH]c12. The zero-order valence-electron chi connectivity index (χ0n) is 8.55. The van der Waals surface area contributed by atoms with Gasteiger partial charge in [-0.2, -0.15) is 13.2 Å². The Bertz CT molecular complexity index is 698. The highest BCUT2D eigenvalue weighted by atomic mass is 19.4. The predicted octanol–water partition coefficient (Wildman–Crippen LogP) is 3.73. The maximum atomic E-state index is 12.8. The van der Waals surface area contributed by atoms with Crippen LogP contribution >= 0.6 is 0 Å². The monoisotopic (exact) mass is 236 g/mol. The molecule has 3 rings (SSSR count). The third-order valence-electron chi connectivity index (χ3n) is 2.68. The van der Waals surface area contributed by atoms with Crippen LogP contribution in [0.5, 0.6) is 0 Å². The molecule has 0 aliphatic heterocycles. The highest BCUT2D eigenvalue weighted by Gasteiger charge is 2.35. The fourth-order valence-electron chi connectivity index (χ4n) is 1.97. The second-order valence-corrected chi connectivity index (χ2v) is 3.74. The number of para-hydroxylation sites is 1. The number of benzene rings is 1. The van der Waals surface area contributed by atoms with E-state index in [4.69, 9.17) is 0 Å². The smallest absolute Gasteiger partial charge is 0.359 e. The van der Waals surface area contributed by atoms with Crippen molar-refractivity contribution in [1.29, 1.82) is 0 Å². The molecule has 5 heteroatoms. The molecule has 0 radical (unpaired) electrons. The molecule has 0 saturated carbocycles. The molecule has 17 heavy (non-hydrogen) atoms. The molecule has 0 aliphatic carbocycles. The molecule has 86 valence electrons. The molecular formula is C12H7F3N2. The molecule has 0 spiro atoms. The summed E-state index contributed by atoms with van der Waals surface area (Å²) in [5.41, 5.74) is -0.473. The number of rotatable bonds is 0. The first kappa shape index (κ1) is 10.1. The number of nitrogens with zero attached hydrogens (tertiary/aromatic N) is 1. The molecule has 0 amide bonds. The van der Waals surface area contributed by atoms with Crippen molar-refractivity contribution in [3.8, 4) is 0 Å². The number of hydrogen-bond acceptors (Lipinski definition) is 1. The van der Waals surface area contributed by atoms with Crippen LogP contribution < -0.4 is 0 Å². The highest BCUT2D eigenvalue weighted by Crippen LogP contribution is 2.35. The first-order valence-corrected chi connectivity index (χ1v) is 5.00. The summed E-state index contributed by atoms with van der Waals surface area (Å²) in [6.07, 6.45) is -2.96. The lowest BCUT2D eigenvalue weighted by atomic mass is 10.1. The maximum absolute atomic E-state index is 12.8. The Morgan fingerprint density at radius 2 is 1.76 bits per heavy atom. The van der Waals surface area contributed by atoms with Gasteiger partial charge in [0.2, 0.25) is 0 Å². The van der Waals surface area contributed by atoms with Gasteiger partial charge in [0.1, 0.15) is 0 Å². The number of H-pyrrole nitrogens is 1. The van der Waals surface area contributed by atoms with Crippen LogP contribution in [0.4, 0.5) is 13.2 Å². The van der Waals surface area contributed by atoms with Crippen molar-refractivity contribution in [3.63, 3.8) is 0 Å². The number of aromatic nitrogens is 2. The fraction of sp³-hybridized carbons (Fsp3) is 0.0833. The molecule has 0 bridgehead atoms. The molecule has 0 aliphatic rings. The van der Waals surface area contributed by atoms with E-state index in [0.717, 1.165) is 5.39 Å². The Labute approximate surface area is 94.1 Å². The molecule has 1 N–H and O–H groups in total. The standard InChI is InChI=1S/C12H7F3N2/c13-12(14,15)11-10-8(5-6-16-10)7-3-1-2-4-9(7)17-11/h1-6,16H. The minimum atomic E-state index is -4.45. The van der Waals surface area contributed by atoms with Crippen LogP contribution in [0.3, 0.4) is 0 Å². The number of nitrogens with one attached hydrogen (secondary N) is 1. The lowest BCUT2D eigenvalue weighted by molar-refractivity contribution is -0.139. The minimum absolute atomic E-state index is 0.0381. The quantitative estimate of drug-likeness (QED) is 0.632. The van der Waals surface area contributed by atoms with Gasteiger partial charge < -0.3 is 4.98 Å². The molecule has 1 aromatic carbocycles. The van der Waals surface area contributed by atoms with Crippen molar-refractivity contribution < 1.29 is 13.2 Å². The van der Waals surface area contributed by atoms with E-state index in [1.54, 1.807) is 30.3 Å². The van der Waals surface area contributed by atoms with Crippen molar-refractivity contribution in [2.24, 2.45) is 0 Å². The summed E-state index contributed by atoms with van der Waals surface area (Å²) in [7, 11) is 0. The first-order valence-electron chi connectivity index (χ1n) is 5.00. The van der Waals surface area contributed by atoms with Gasteiger partial charge in [0.25, 0.3) is 0 Å².